The van der Waals surface area contributed by atoms with Crippen molar-refractivity contribution in [2.24, 2.45) is 44.3 Å². The van der Waals surface area contributed by atoms with Crippen LogP contribution in [0.5, 0.6) is 5.75 Å². The Labute approximate surface area is 296 Å². The number of hydrogen-bond donors (Lipinski definition) is 1. The van der Waals surface area contributed by atoms with E-state index in [4.69, 9.17) is 14.2 Å². The largest absolute Gasteiger partial charge is 0.496 e. The topological polar surface area (TPSA) is 164 Å². The Morgan fingerprint density at radius 1 is 0.920 bits per heavy atom. The van der Waals surface area contributed by atoms with Crippen molar-refractivity contribution in [3.63, 3.8) is 0 Å². The lowest BCUT2D eigenvalue weighted by molar-refractivity contribution is -0.217. The van der Waals surface area contributed by atoms with Crippen LogP contribution in [0.2, 0.25) is 0 Å². The van der Waals surface area contributed by atoms with Gasteiger partial charge in [0.15, 0.2) is 23.6 Å². The van der Waals surface area contributed by atoms with Crippen LogP contribution in [0, 0.1) is 44.3 Å². The number of fused-ring (bicyclic) bond motifs is 5. The summed E-state index contributed by atoms with van der Waals surface area (Å²) in [7, 11) is 2.42. The normalized spacial score (nSPS) is 36.9. The summed E-state index contributed by atoms with van der Waals surface area (Å²) < 4.78 is 16.4. The number of carbonyl (C=O) groups is 8. The summed E-state index contributed by atoms with van der Waals surface area (Å²) in [5, 5.41) is 0. The molecule has 268 valence electrons. The van der Waals surface area contributed by atoms with Gasteiger partial charge in [0.25, 0.3) is 0 Å². The van der Waals surface area contributed by atoms with Crippen molar-refractivity contribution >= 4 is 60.3 Å². The Morgan fingerprint density at radius 2 is 1.56 bits per heavy atom. The highest BCUT2D eigenvalue weighted by Gasteiger charge is 2.86. The summed E-state index contributed by atoms with van der Waals surface area (Å²) in [6, 6.07) is 2.32. The van der Waals surface area contributed by atoms with Crippen LogP contribution in [0.15, 0.2) is 28.7 Å². The van der Waals surface area contributed by atoms with Crippen LogP contribution in [0.3, 0.4) is 0 Å². The first-order chi connectivity index (χ1) is 23.2. The second-order valence-electron chi connectivity index (χ2n) is 15.6. The first-order valence-corrected chi connectivity index (χ1v) is 17.1. The fourth-order valence-electron chi connectivity index (χ4n) is 10.9. The molecule has 0 saturated heterocycles. The molecule has 11 nitrogen and oxygen atoms in total. The highest BCUT2D eigenvalue weighted by molar-refractivity contribution is 7.80. The van der Waals surface area contributed by atoms with Crippen molar-refractivity contribution in [1.29, 1.82) is 0 Å². The van der Waals surface area contributed by atoms with Gasteiger partial charge in [0.2, 0.25) is 5.78 Å². The third-order valence-electron chi connectivity index (χ3n) is 13.4. The molecule has 0 aliphatic heterocycles. The predicted octanol–water partition coefficient (Wildman–Crippen LogP) is 4.80. The molecule has 0 N–H and O–H groups in total. The van der Waals surface area contributed by atoms with E-state index in [0.717, 1.165) is 26.4 Å². The minimum atomic E-state index is -2.53. The number of hydrogen-bond acceptors (Lipinski definition) is 12. The van der Waals surface area contributed by atoms with Gasteiger partial charge in [-0.2, -0.15) is 0 Å². The van der Waals surface area contributed by atoms with Gasteiger partial charge in [0, 0.05) is 33.8 Å². The molecule has 0 amide bonds. The van der Waals surface area contributed by atoms with E-state index in [-0.39, 0.29) is 35.7 Å². The summed E-state index contributed by atoms with van der Waals surface area (Å²) in [4.78, 5) is 110. The molecule has 1 aromatic carbocycles. The lowest BCUT2D eigenvalue weighted by atomic mass is 9.33. The predicted molar refractivity (Wildman–Crippen MR) is 181 cm³/mol. The second-order valence-corrected chi connectivity index (χ2v) is 16.0. The third kappa shape index (κ3) is 4.23. The highest BCUT2D eigenvalue weighted by atomic mass is 32.1. The van der Waals surface area contributed by atoms with Crippen LogP contribution < -0.4 is 4.74 Å². The summed E-state index contributed by atoms with van der Waals surface area (Å²) in [5.74, 6) is -6.49. The van der Waals surface area contributed by atoms with Gasteiger partial charge < -0.3 is 19.0 Å². The lowest BCUT2D eigenvalue weighted by Gasteiger charge is -2.67. The SMILES string of the molecule is COC(=O)[C@@]12C(=O)[C@](C)(C(=O)c3cc(S)c(OC)cc3C(=O)C=O)C(=O)[C@]1(C)C(C)=C[C@H]1[C@]3(C=O)CC[C@H](OC(C)=O)C(C)(C)[C@H]3CC[C@@]12C. The first kappa shape index (κ1) is 37.3. The Morgan fingerprint density at radius 3 is 2.10 bits per heavy atom. The molecule has 0 aromatic heterocycles. The number of allylic oxidation sites excluding steroid dienone is 2. The summed E-state index contributed by atoms with van der Waals surface area (Å²) in [6.45, 7) is 11.2. The van der Waals surface area contributed by atoms with Gasteiger partial charge in [0.1, 0.15) is 29.0 Å². The number of rotatable bonds is 8. The molecule has 0 spiro atoms. The smallest absolute Gasteiger partial charge is 0.321 e. The zero-order valence-corrected chi connectivity index (χ0v) is 30.8. The van der Waals surface area contributed by atoms with Crippen LogP contribution in [0.25, 0.3) is 0 Å². The van der Waals surface area contributed by atoms with Crippen molar-refractivity contribution in [1.82, 2.24) is 0 Å². The number of ether oxygens (including phenoxy) is 3. The average Bonchev–Trinajstić information content (AvgIpc) is 3.22. The standard InChI is InChI=1S/C38H44O11S/c1-19-14-27-34(5,12-10-26-33(3,4)28(49-20(2)41)11-13-37(26,27)18-40)38(32(46)48-9)31(45)35(6,30(44)36(19,38)7)29(43)22-16-25(50)24(47-8)15-21(22)23(42)17-39/h14-18,26-28,50H,10-13H2,1-9H3/t26-,27-,28+,34+,35-,36+,37+,38-/m1/s1. The number of ketones is 4. The Hall–Kier alpha value is -3.93. The van der Waals surface area contributed by atoms with E-state index in [0.29, 0.717) is 18.4 Å². The molecule has 12 heteroatoms. The maximum Gasteiger partial charge on any atom is 0.321 e. The Balaban J connectivity index is 1.79. The number of aldehydes is 2. The van der Waals surface area contributed by atoms with Crippen LogP contribution >= 0.6 is 12.6 Å². The van der Waals surface area contributed by atoms with E-state index in [9.17, 15) is 28.8 Å². The van der Waals surface area contributed by atoms with E-state index in [1.807, 2.05) is 19.9 Å². The van der Waals surface area contributed by atoms with E-state index >= 15 is 9.59 Å². The molecule has 3 saturated carbocycles. The zero-order valence-electron chi connectivity index (χ0n) is 29.9. The van der Waals surface area contributed by atoms with Crippen molar-refractivity contribution in [2.75, 3.05) is 14.2 Å². The molecular weight excluding hydrogens is 664 g/mol. The molecule has 0 bridgehead atoms. The number of methoxy groups -OCH3 is 2. The monoisotopic (exact) mass is 708 g/mol. The molecule has 8 atom stereocenters. The van der Waals surface area contributed by atoms with Gasteiger partial charge in [-0.15, -0.1) is 12.6 Å². The van der Waals surface area contributed by atoms with E-state index in [2.05, 4.69) is 12.6 Å². The number of Topliss-reactive ketones (excluding diaryl/α,β-unsaturated/α-hetero) is 4. The quantitative estimate of drug-likeness (QED) is 0.0750. The summed E-state index contributed by atoms with van der Waals surface area (Å²) >= 11 is 4.37. The van der Waals surface area contributed by atoms with Gasteiger partial charge in [0.05, 0.1) is 19.6 Å². The molecule has 0 unspecified atom stereocenters. The van der Waals surface area contributed by atoms with Crippen molar-refractivity contribution < 1.29 is 52.6 Å². The number of thiol groups is 1. The summed E-state index contributed by atoms with van der Waals surface area (Å²) in [6.07, 6.45) is 3.42. The molecule has 50 heavy (non-hydrogen) atoms. The Bertz CT molecular complexity index is 1810. The molecule has 1 aromatic rings. The zero-order chi connectivity index (χ0) is 37.6. The fraction of sp³-hybridized carbons (Fsp3) is 0.579. The Kier molecular flexibility index (Phi) is 8.82. The van der Waals surface area contributed by atoms with Gasteiger partial charge in [-0.1, -0.05) is 32.4 Å². The lowest BCUT2D eigenvalue weighted by Crippen LogP contribution is -2.70. The minimum absolute atomic E-state index is 0.00884. The van der Waals surface area contributed by atoms with Crippen LogP contribution in [0.1, 0.15) is 94.9 Å². The van der Waals surface area contributed by atoms with Crippen molar-refractivity contribution in [2.45, 2.75) is 85.1 Å². The van der Waals surface area contributed by atoms with Crippen LogP contribution in [-0.2, 0) is 38.2 Å². The van der Waals surface area contributed by atoms with Crippen molar-refractivity contribution in [3.05, 3.63) is 34.9 Å². The van der Waals surface area contributed by atoms with Crippen LogP contribution in [0.4, 0.5) is 0 Å². The second kappa shape index (κ2) is 11.8. The van der Waals surface area contributed by atoms with Gasteiger partial charge >= 0.3 is 11.9 Å². The average molecular weight is 709 g/mol. The maximum absolute atomic E-state index is 15.5. The number of benzene rings is 1. The third-order valence-corrected chi connectivity index (χ3v) is 13.7. The van der Waals surface area contributed by atoms with E-state index in [1.54, 1.807) is 13.8 Å². The van der Waals surface area contributed by atoms with Crippen molar-refractivity contribution in [3.8, 4) is 5.75 Å². The maximum atomic E-state index is 15.5. The molecule has 5 rings (SSSR count). The highest BCUT2D eigenvalue weighted by Crippen LogP contribution is 2.77. The van der Waals surface area contributed by atoms with Gasteiger partial charge in [-0.3, -0.25) is 33.6 Å². The first-order valence-electron chi connectivity index (χ1n) is 16.7. The molecular formula is C38H44O11S. The van der Waals surface area contributed by atoms with Gasteiger partial charge in [-0.25, -0.2) is 0 Å². The molecule has 0 heterocycles. The number of carbonyl (C=O) groups excluding carboxylic acids is 8. The fourth-order valence-corrected chi connectivity index (χ4v) is 11.2. The minimum Gasteiger partial charge on any atom is -0.496 e. The van der Waals surface area contributed by atoms with Gasteiger partial charge in [-0.05, 0) is 75.8 Å². The van der Waals surface area contributed by atoms with E-state index < -0.39 is 90.7 Å². The molecule has 4 aliphatic carbocycles. The van der Waals surface area contributed by atoms with E-state index in [1.165, 1.54) is 27.0 Å². The molecule has 4 aliphatic rings. The summed E-state index contributed by atoms with van der Waals surface area (Å²) in [5.41, 5.74) is -10.4. The number of esters is 2. The molecule has 0 radical (unpaired) electrons. The molecule has 3 fully saturated rings. The van der Waals surface area contributed by atoms with Crippen LogP contribution in [-0.4, -0.2) is 68.0 Å².